The molecule has 0 aromatic rings. The van der Waals surface area contributed by atoms with Crippen molar-refractivity contribution in [3.05, 3.63) is 0 Å². The molecule has 0 bridgehead atoms. The van der Waals surface area contributed by atoms with Gasteiger partial charge in [-0.2, -0.15) is 0 Å². The molecule has 0 rings (SSSR count). The van der Waals surface area contributed by atoms with Gasteiger partial charge in [-0.25, -0.2) is 18.2 Å². The zero-order chi connectivity index (χ0) is 18.4. The van der Waals surface area contributed by atoms with E-state index in [1.165, 1.54) is 7.05 Å². The Bertz CT molecular complexity index is 448. The van der Waals surface area contributed by atoms with E-state index in [2.05, 4.69) is 19.6 Å². The molecule has 0 aliphatic carbocycles. The third-order valence-electron chi connectivity index (χ3n) is 2.62. The maximum absolute atomic E-state index is 12.2. The van der Waals surface area contributed by atoms with E-state index in [1.807, 2.05) is 0 Å². The Morgan fingerprint density at radius 2 is 1.83 bits per heavy atom. The second-order valence-corrected chi connectivity index (χ2v) is 13.9. The molecule has 1 amide bonds. The summed E-state index contributed by atoms with van der Waals surface area (Å²) in [6.45, 7) is 12.0. The quantitative estimate of drug-likeness (QED) is 0.187. The largest absolute Gasteiger partial charge is 0.443 e. The lowest BCUT2D eigenvalue weighted by atomic mass is 10.2. The van der Waals surface area contributed by atoms with Gasteiger partial charge >= 0.3 is 6.09 Å². The lowest BCUT2D eigenvalue weighted by Gasteiger charge is -2.29. The molecule has 0 aromatic heterocycles. The number of hydrogen-bond donors (Lipinski definition) is 2. The fourth-order valence-corrected chi connectivity index (χ4v) is 2.30. The Hall–Kier alpha value is -0.973. The predicted octanol–water partition coefficient (Wildman–Crippen LogP) is 2.54. The van der Waals surface area contributed by atoms with E-state index >= 15 is 0 Å². The van der Waals surface area contributed by atoms with Gasteiger partial charge < -0.3 is 9.47 Å². The van der Waals surface area contributed by atoms with E-state index in [1.54, 1.807) is 20.8 Å². The lowest BCUT2D eigenvalue weighted by Crippen LogP contribution is -2.48. The second-order valence-electron chi connectivity index (χ2n) is 7.31. The summed E-state index contributed by atoms with van der Waals surface area (Å²) in [6.07, 6.45) is -0.798. The zero-order valence-electron chi connectivity index (χ0n) is 15.0. The first-order valence-electron chi connectivity index (χ1n) is 7.26. The first kappa shape index (κ1) is 22.0. The molecule has 0 saturated carbocycles. The Kier molecular flexibility index (Phi) is 8.39. The zero-order valence-corrected chi connectivity index (χ0v) is 16.8. The van der Waals surface area contributed by atoms with Crippen LogP contribution in [0.1, 0.15) is 20.8 Å². The smallest absolute Gasteiger partial charge is 0.419 e. The molecular formula is C13H29N3O5SSi. The minimum Gasteiger partial charge on any atom is -0.443 e. The van der Waals surface area contributed by atoms with Crippen molar-refractivity contribution in [2.75, 3.05) is 20.4 Å². The van der Waals surface area contributed by atoms with Crippen LogP contribution in [-0.4, -0.2) is 64.1 Å². The highest BCUT2D eigenvalue weighted by atomic mass is 32.2. The van der Waals surface area contributed by atoms with Gasteiger partial charge in [-0.05, 0) is 26.8 Å². The number of ether oxygens (including phenoxy) is 2. The molecule has 2 N–H and O–H groups in total. The van der Waals surface area contributed by atoms with E-state index in [0.29, 0.717) is 6.61 Å². The third-order valence-corrected chi connectivity index (χ3v) is 4.96. The van der Waals surface area contributed by atoms with E-state index in [-0.39, 0.29) is 6.73 Å². The van der Waals surface area contributed by atoms with Gasteiger partial charge in [0, 0.05) is 21.7 Å². The van der Waals surface area contributed by atoms with Gasteiger partial charge in [0.2, 0.25) is 5.96 Å². The molecule has 1 unspecified atom stereocenters. The predicted molar refractivity (Wildman–Crippen MR) is 93.3 cm³/mol. The van der Waals surface area contributed by atoms with E-state index in [9.17, 15) is 9.00 Å². The van der Waals surface area contributed by atoms with Crippen LogP contribution in [0.5, 0.6) is 0 Å². The summed E-state index contributed by atoms with van der Waals surface area (Å²) in [5.41, 5.74) is -0.745. The van der Waals surface area contributed by atoms with Crippen molar-refractivity contribution < 1.29 is 23.0 Å². The maximum atomic E-state index is 12.2. The van der Waals surface area contributed by atoms with Crippen LogP contribution in [0, 0.1) is 5.41 Å². The number of carbonyl (C=O) groups excluding carboxylic acids is 1. The molecule has 0 aliphatic rings. The molecular weight excluding hydrogens is 338 g/mol. The first-order chi connectivity index (χ1) is 10.2. The highest BCUT2D eigenvalue weighted by Gasteiger charge is 2.28. The molecule has 23 heavy (non-hydrogen) atoms. The van der Waals surface area contributed by atoms with Crippen molar-refractivity contribution in [1.82, 2.24) is 9.21 Å². The minimum absolute atomic E-state index is 0.209. The Morgan fingerprint density at radius 3 is 2.22 bits per heavy atom. The fraction of sp³-hybridized carbons (Fsp3) is 0.846. The molecule has 0 radical (unpaired) electrons. The molecule has 10 heteroatoms. The van der Waals surface area contributed by atoms with Gasteiger partial charge in [-0.1, -0.05) is 19.6 Å². The fourth-order valence-electron chi connectivity index (χ4n) is 1.30. The van der Waals surface area contributed by atoms with E-state index in [0.717, 1.165) is 15.2 Å². The SMILES string of the molecule is CN(C(=N)N(COCC[Si](C)(C)C)C(=O)OC(C)(C)C)S(=O)O. The normalized spacial score (nSPS) is 13.4. The van der Waals surface area contributed by atoms with Gasteiger partial charge in [0.15, 0.2) is 0 Å². The summed E-state index contributed by atoms with van der Waals surface area (Å²) in [6, 6.07) is 0.907. The summed E-state index contributed by atoms with van der Waals surface area (Å²) in [4.78, 5) is 13.1. The molecule has 0 heterocycles. The lowest BCUT2D eigenvalue weighted by molar-refractivity contribution is 0.00822. The molecule has 0 saturated heterocycles. The van der Waals surface area contributed by atoms with Gasteiger partial charge in [0.25, 0.3) is 11.3 Å². The molecule has 0 fully saturated rings. The summed E-state index contributed by atoms with van der Waals surface area (Å²) in [5.74, 6) is -0.465. The second kappa shape index (κ2) is 8.76. The number of rotatable bonds is 6. The van der Waals surface area contributed by atoms with Crippen LogP contribution in [-0.2, 0) is 20.7 Å². The summed E-state index contributed by atoms with van der Waals surface area (Å²) < 4.78 is 31.6. The third kappa shape index (κ3) is 9.69. The number of hydrogen-bond acceptors (Lipinski definition) is 5. The number of nitrogens with one attached hydrogen (secondary N) is 1. The molecule has 8 nitrogen and oxygen atoms in total. The minimum atomic E-state index is -2.41. The van der Waals surface area contributed by atoms with Gasteiger partial charge in [0.05, 0.1) is 0 Å². The summed E-state index contributed by atoms with van der Waals surface area (Å²) in [5, 5.41) is 7.91. The van der Waals surface area contributed by atoms with Gasteiger partial charge in [-0.15, -0.1) is 0 Å². The van der Waals surface area contributed by atoms with Crippen molar-refractivity contribution in [1.29, 1.82) is 5.41 Å². The average molecular weight is 368 g/mol. The Labute approximate surface area is 142 Å². The maximum Gasteiger partial charge on any atom is 0.419 e. The van der Waals surface area contributed by atoms with Crippen molar-refractivity contribution in [2.45, 2.75) is 52.1 Å². The molecule has 0 aromatic carbocycles. The van der Waals surface area contributed by atoms with Crippen LogP contribution in [0.15, 0.2) is 0 Å². The van der Waals surface area contributed by atoms with Crippen LogP contribution in [0.2, 0.25) is 25.7 Å². The van der Waals surface area contributed by atoms with Crippen molar-refractivity contribution >= 4 is 31.4 Å². The van der Waals surface area contributed by atoms with E-state index in [4.69, 9.17) is 19.4 Å². The molecule has 136 valence electrons. The van der Waals surface area contributed by atoms with E-state index < -0.39 is 37.0 Å². The Morgan fingerprint density at radius 1 is 1.30 bits per heavy atom. The summed E-state index contributed by atoms with van der Waals surface area (Å²) in [7, 11) is -0.0399. The molecule has 1 atom stereocenters. The average Bonchev–Trinajstić information content (AvgIpc) is 2.33. The van der Waals surface area contributed by atoms with Crippen LogP contribution in [0.3, 0.4) is 0 Å². The highest BCUT2D eigenvalue weighted by Crippen LogP contribution is 2.12. The number of nitrogens with zero attached hydrogens (tertiary/aromatic N) is 2. The van der Waals surface area contributed by atoms with Crippen LogP contribution >= 0.6 is 0 Å². The van der Waals surface area contributed by atoms with Crippen molar-refractivity contribution in [3.8, 4) is 0 Å². The molecule has 0 spiro atoms. The Balaban J connectivity index is 4.90. The topological polar surface area (TPSA) is 103 Å². The summed E-state index contributed by atoms with van der Waals surface area (Å²) >= 11 is -2.41. The highest BCUT2D eigenvalue weighted by molar-refractivity contribution is 7.77. The number of amides is 1. The van der Waals surface area contributed by atoms with Gasteiger partial charge in [-0.3, -0.25) is 9.96 Å². The first-order valence-corrected chi connectivity index (χ1v) is 12.0. The van der Waals surface area contributed by atoms with Crippen molar-refractivity contribution in [2.24, 2.45) is 0 Å². The standard InChI is InChI=1S/C13H29N3O5SSi/c1-13(2,3)21-12(17)16(11(14)15(4)22(18)19)10-20-8-9-23(5,6)7/h14H,8-10H2,1-7H3,(H,18,19). The van der Waals surface area contributed by atoms with Crippen LogP contribution in [0.4, 0.5) is 4.79 Å². The molecule has 0 aliphatic heterocycles. The monoisotopic (exact) mass is 367 g/mol. The van der Waals surface area contributed by atoms with Gasteiger partial charge in [0.1, 0.15) is 12.3 Å². The number of carbonyl (C=O) groups is 1. The van der Waals surface area contributed by atoms with Crippen LogP contribution < -0.4 is 0 Å². The van der Waals surface area contributed by atoms with Crippen molar-refractivity contribution in [3.63, 3.8) is 0 Å². The number of guanidine groups is 1. The van der Waals surface area contributed by atoms with Crippen LogP contribution in [0.25, 0.3) is 0 Å².